The van der Waals surface area contributed by atoms with Crippen molar-refractivity contribution >= 4 is 27.5 Å². The number of ether oxygens (including phenoxy) is 1. The summed E-state index contributed by atoms with van der Waals surface area (Å²) in [4.78, 5) is 27.8. The minimum Gasteiger partial charge on any atom is -0.494 e. The number of sulfonamides is 1. The summed E-state index contributed by atoms with van der Waals surface area (Å²) in [6.45, 7) is 5.29. The standard InChI is InChI=1S/C29H34FN3O5S/c1-4-19-31-29(35)22(3)32(20-23-11-9-10-14-27(23)30)28(34)21-33(24-12-7-6-8-13-24)39(36,37)26-17-15-25(16-18-26)38-5-2/h6-18,22H,4-5,19-21H2,1-3H3,(H,31,35)/t22-/m0/s1. The largest absolute Gasteiger partial charge is 0.494 e. The molecular formula is C29H34FN3O5S. The van der Waals surface area contributed by atoms with E-state index < -0.39 is 40.2 Å². The summed E-state index contributed by atoms with van der Waals surface area (Å²) in [7, 11) is -4.20. The lowest BCUT2D eigenvalue weighted by atomic mass is 10.1. The Kier molecular flexibility index (Phi) is 10.4. The molecule has 0 bridgehead atoms. The second-order valence-electron chi connectivity index (χ2n) is 8.83. The molecule has 3 aromatic carbocycles. The maximum absolute atomic E-state index is 14.6. The van der Waals surface area contributed by atoms with Gasteiger partial charge in [-0.2, -0.15) is 0 Å². The number of para-hydroxylation sites is 1. The first-order valence-corrected chi connectivity index (χ1v) is 14.2. The van der Waals surface area contributed by atoms with Gasteiger partial charge in [-0.25, -0.2) is 12.8 Å². The van der Waals surface area contributed by atoms with Crippen LogP contribution in [0.5, 0.6) is 5.75 Å². The molecule has 0 radical (unpaired) electrons. The van der Waals surface area contributed by atoms with Gasteiger partial charge >= 0.3 is 0 Å². The molecule has 208 valence electrons. The van der Waals surface area contributed by atoms with Crippen LogP contribution in [0.2, 0.25) is 0 Å². The van der Waals surface area contributed by atoms with E-state index in [1.54, 1.807) is 48.5 Å². The van der Waals surface area contributed by atoms with E-state index in [4.69, 9.17) is 4.74 Å². The Labute approximate surface area is 229 Å². The van der Waals surface area contributed by atoms with Gasteiger partial charge in [-0.05, 0) is 62.7 Å². The predicted octanol–water partition coefficient (Wildman–Crippen LogP) is 4.36. The van der Waals surface area contributed by atoms with Gasteiger partial charge in [0, 0.05) is 18.7 Å². The first kappa shape index (κ1) is 29.6. The Morgan fingerprint density at radius 2 is 1.59 bits per heavy atom. The lowest BCUT2D eigenvalue weighted by molar-refractivity contribution is -0.139. The fourth-order valence-electron chi connectivity index (χ4n) is 3.91. The molecule has 0 aliphatic rings. The summed E-state index contributed by atoms with van der Waals surface area (Å²) < 4.78 is 48.6. The molecule has 0 spiro atoms. The average molecular weight is 556 g/mol. The van der Waals surface area contributed by atoms with Crippen molar-refractivity contribution in [3.63, 3.8) is 0 Å². The predicted molar refractivity (Wildman–Crippen MR) is 148 cm³/mol. The summed E-state index contributed by atoms with van der Waals surface area (Å²) in [5, 5.41) is 2.75. The summed E-state index contributed by atoms with van der Waals surface area (Å²) in [6.07, 6.45) is 0.696. The van der Waals surface area contributed by atoms with Gasteiger partial charge in [-0.15, -0.1) is 0 Å². The second kappa shape index (κ2) is 13.7. The summed E-state index contributed by atoms with van der Waals surface area (Å²) in [6, 6.07) is 19.1. The van der Waals surface area contributed by atoms with Gasteiger partial charge < -0.3 is 15.0 Å². The molecule has 0 unspecified atom stereocenters. The van der Waals surface area contributed by atoms with Crippen LogP contribution in [0.25, 0.3) is 0 Å². The van der Waals surface area contributed by atoms with E-state index in [1.165, 1.54) is 42.2 Å². The number of carbonyl (C=O) groups excluding carboxylic acids is 2. The first-order valence-electron chi connectivity index (χ1n) is 12.8. The molecule has 0 fully saturated rings. The third kappa shape index (κ3) is 7.57. The maximum atomic E-state index is 14.6. The van der Waals surface area contributed by atoms with Crippen molar-refractivity contribution in [2.45, 2.75) is 44.7 Å². The van der Waals surface area contributed by atoms with Crippen molar-refractivity contribution in [2.75, 3.05) is 24.0 Å². The third-order valence-corrected chi connectivity index (χ3v) is 7.85. The lowest BCUT2D eigenvalue weighted by Gasteiger charge is -2.32. The highest BCUT2D eigenvalue weighted by molar-refractivity contribution is 7.92. The molecule has 1 N–H and O–H groups in total. The second-order valence-corrected chi connectivity index (χ2v) is 10.7. The van der Waals surface area contributed by atoms with Crippen molar-refractivity contribution in [1.82, 2.24) is 10.2 Å². The molecule has 0 heterocycles. The highest BCUT2D eigenvalue weighted by atomic mass is 32.2. The van der Waals surface area contributed by atoms with Gasteiger partial charge in [0.05, 0.1) is 17.2 Å². The van der Waals surface area contributed by atoms with Crippen LogP contribution >= 0.6 is 0 Å². The molecule has 0 aromatic heterocycles. The zero-order valence-corrected chi connectivity index (χ0v) is 23.2. The van der Waals surface area contributed by atoms with Gasteiger partial charge in [0.25, 0.3) is 10.0 Å². The zero-order chi connectivity index (χ0) is 28.4. The monoisotopic (exact) mass is 555 g/mol. The Hall–Kier alpha value is -3.92. The Morgan fingerprint density at radius 3 is 2.21 bits per heavy atom. The topological polar surface area (TPSA) is 96.0 Å². The highest BCUT2D eigenvalue weighted by Gasteiger charge is 2.32. The quantitative estimate of drug-likeness (QED) is 0.338. The van der Waals surface area contributed by atoms with Gasteiger partial charge in [0.2, 0.25) is 11.8 Å². The normalized spacial score (nSPS) is 11.9. The minimum absolute atomic E-state index is 0.0306. The van der Waals surface area contributed by atoms with Crippen molar-refractivity contribution < 1.29 is 27.1 Å². The molecule has 3 aromatic rings. The van der Waals surface area contributed by atoms with E-state index in [0.717, 1.165) is 4.31 Å². The number of amides is 2. The molecule has 0 saturated carbocycles. The van der Waals surface area contributed by atoms with Gasteiger partial charge in [0.1, 0.15) is 24.2 Å². The highest BCUT2D eigenvalue weighted by Crippen LogP contribution is 2.26. The molecule has 3 rings (SSSR count). The average Bonchev–Trinajstić information content (AvgIpc) is 2.94. The molecule has 8 nitrogen and oxygen atoms in total. The molecule has 0 aliphatic heterocycles. The van der Waals surface area contributed by atoms with Crippen molar-refractivity contribution in [3.05, 3.63) is 90.2 Å². The van der Waals surface area contributed by atoms with Crippen molar-refractivity contribution in [1.29, 1.82) is 0 Å². The molecule has 10 heteroatoms. The number of rotatable bonds is 13. The van der Waals surface area contributed by atoms with E-state index in [0.29, 0.717) is 25.3 Å². The van der Waals surface area contributed by atoms with E-state index in [9.17, 15) is 22.4 Å². The number of nitrogens with one attached hydrogen (secondary N) is 1. The molecular weight excluding hydrogens is 521 g/mol. The van der Waals surface area contributed by atoms with Crippen molar-refractivity contribution in [2.24, 2.45) is 0 Å². The summed E-state index contributed by atoms with van der Waals surface area (Å²) >= 11 is 0. The van der Waals surface area contributed by atoms with Crippen LogP contribution < -0.4 is 14.4 Å². The lowest BCUT2D eigenvalue weighted by Crippen LogP contribution is -2.51. The molecule has 1 atom stereocenters. The number of halogens is 1. The summed E-state index contributed by atoms with van der Waals surface area (Å²) in [5.74, 6) is -1.09. The molecule has 2 amide bonds. The minimum atomic E-state index is -4.20. The Balaban J connectivity index is 1.99. The van der Waals surface area contributed by atoms with Crippen LogP contribution in [-0.4, -0.2) is 50.9 Å². The molecule has 0 aliphatic carbocycles. The van der Waals surface area contributed by atoms with Crippen LogP contribution in [0, 0.1) is 5.82 Å². The van der Waals surface area contributed by atoms with E-state index >= 15 is 0 Å². The molecule has 0 saturated heterocycles. The fraction of sp³-hybridized carbons (Fsp3) is 0.310. The number of nitrogens with zero attached hydrogens (tertiary/aromatic N) is 2. The SMILES string of the molecule is CCCNC(=O)[C@H](C)N(Cc1ccccc1F)C(=O)CN(c1ccccc1)S(=O)(=O)c1ccc(OCC)cc1. The number of hydrogen-bond acceptors (Lipinski definition) is 5. The van der Waals surface area contributed by atoms with Gasteiger partial charge in [-0.1, -0.05) is 43.3 Å². The fourth-order valence-corrected chi connectivity index (χ4v) is 5.33. The number of hydrogen-bond donors (Lipinski definition) is 1. The maximum Gasteiger partial charge on any atom is 0.264 e. The van der Waals surface area contributed by atoms with Crippen LogP contribution in [0.3, 0.4) is 0 Å². The zero-order valence-electron chi connectivity index (χ0n) is 22.3. The Bertz CT molecular complexity index is 1350. The van der Waals surface area contributed by atoms with Crippen molar-refractivity contribution in [3.8, 4) is 5.75 Å². The number of carbonyl (C=O) groups is 2. The summed E-state index contributed by atoms with van der Waals surface area (Å²) in [5.41, 5.74) is 0.482. The molecule has 39 heavy (non-hydrogen) atoms. The van der Waals surface area contributed by atoms with Gasteiger partial charge in [0.15, 0.2) is 0 Å². The van der Waals surface area contributed by atoms with E-state index in [-0.39, 0.29) is 22.7 Å². The number of benzene rings is 3. The number of anilines is 1. The van der Waals surface area contributed by atoms with Gasteiger partial charge in [-0.3, -0.25) is 13.9 Å². The van der Waals surface area contributed by atoms with Crippen LogP contribution in [0.15, 0.2) is 83.8 Å². The van der Waals surface area contributed by atoms with E-state index in [1.807, 2.05) is 13.8 Å². The van der Waals surface area contributed by atoms with Crippen LogP contribution in [-0.2, 0) is 26.2 Å². The Morgan fingerprint density at radius 1 is 0.949 bits per heavy atom. The van der Waals surface area contributed by atoms with Crippen LogP contribution in [0.4, 0.5) is 10.1 Å². The third-order valence-electron chi connectivity index (χ3n) is 6.06. The van der Waals surface area contributed by atoms with E-state index in [2.05, 4.69) is 5.32 Å². The first-order chi connectivity index (χ1) is 18.7. The van der Waals surface area contributed by atoms with Crippen LogP contribution in [0.1, 0.15) is 32.8 Å². The smallest absolute Gasteiger partial charge is 0.264 e.